The number of rotatable bonds is 7. The lowest BCUT2D eigenvalue weighted by molar-refractivity contribution is 0.414. The van der Waals surface area contributed by atoms with Gasteiger partial charge in [0.25, 0.3) is 0 Å². The molecule has 0 bridgehead atoms. The monoisotopic (exact) mass is 284 g/mol. The van der Waals surface area contributed by atoms with Gasteiger partial charge in [0, 0.05) is 24.5 Å². The highest BCUT2D eigenvalue weighted by Crippen LogP contribution is 2.15. The Morgan fingerprint density at radius 3 is 2.33 bits per heavy atom. The normalized spacial score (nSPS) is 13.7. The van der Waals surface area contributed by atoms with Crippen LogP contribution in [-0.4, -0.2) is 18.1 Å². The fourth-order valence-corrected chi connectivity index (χ4v) is 2.43. The van der Waals surface area contributed by atoms with Crippen LogP contribution in [0.25, 0.3) is 0 Å². The number of methoxy groups -OCH3 is 1. The van der Waals surface area contributed by atoms with Crippen molar-refractivity contribution in [1.82, 2.24) is 10.3 Å². The molecule has 21 heavy (non-hydrogen) atoms. The van der Waals surface area contributed by atoms with Crippen molar-refractivity contribution >= 4 is 0 Å². The molecule has 0 aliphatic rings. The maximum atomic E-state index is 5.18. The van der Waals surface area contributed by atoms with E-state index in [0.717, 1.165) is 18.6 Å². The number of hydrogen-bond donors (Lipinski definition) is 1. The van der Waals surface area contributed by atoms with Crippen LogP contribution in [0.3, 0.4) is 0 Å². The first kappa shape index (κ1) is 15.5. The molecule has 1 unspecified atom stereocenters. The van der Waals surface area contributed by atoms with Gasteiger partial charge < -0.3 is 10.1 Å². The summed E-state index contributed by atoms with van der Waals surface area (Å²) < 4.78 is 5.18. The molecule has 1 aromatic heterocycles. The second-order valence-electron chi connectivity index (χ2n) is 5.46. The summed E-state index contributed by atoms with van der Waals surface area (Å²) in [5.41, 5.74) is 2.63. The molecule has 0 saturated carbocycles. The molecule has 112 valence electrons. The zero-order valence-electron chi connectivity index (χ0n) is 13.0. The van der Waals surface area contributed by atoms with Crippen LogP contribution in [-0.2, 0) is 6.42 Å². The van der Waals surface area contributed by atoms with Crippen molar-refractivity contribution in [1.29, 1.82) is 0 Å². The van der Waals surface area contributed by atoms with Gasteiger partial charge in [-0.15, -0.1) is 0 Å². The number of pyridine rings is 1. The number of hydrogen-bond acceptors (Lipinski definition) is 3. The van der Waals surface area contributed by atoms with E-state index in [0.29, 0.717) is 12.1 Å². The molecular formula is C18H24N2O. The Kier molecular flexibility index (Phi) is 5.76. The summed E-state index contributed by atoms with van der Waals surface area (Å²) in [5.74, 6) is 0.913. The summed E-state index contributed by atoms with van der Waals surface area (Å²) in [4.78, 5) is 4.06. The molecule has 2 atom stereocenters. The van der Waals surface area contributed by atoms with Crippen molar-refractivity contribution in [2.45, 2.75) is 38.8 Å². The first-order valence-corrected chi connectivity index (χ1v) is 7.48. The lowest BCUT2D eigenvalue weighted by Crippen LogP contribution is -2.29. The van der Waals surface area contributed by atoms with Gasteiger partial charge in [0.2, 0.25) is 0 Å². The molecule has 0 radical (unpaired) electrons. The summed E-state index contributed by atoms with van der Waals surface area (Å²) in [5, 5.41) is 3.64. The zero-order chi connectivity index (χ0) is 15.1. The first-order chi connectivity index (χ1) is 10.2. The third kappa shape index (κ3) is 4.87. The lowest BCUT2D eigenvalue weighted by Gasteiger charge is -2.20. The van der Waals surface area contributed by atoms with E-state index in [9.17, 15) is 0 Å². The van der Waals surface area contributed by atoms with Gasteiger partial charge in [0.1, 0.15) is 5.75 Å². The van der Waals surface area contributed by atoms with Gasteiger partial charge in [0.15, 0.2) is 0 Å². The fraction of sp³-hybridized carbons (Fsp3) is 0.389. The molecule has 2 rings (SSSR count). The fourth-order valence-electron chi connectivity index (χ4n) is 2.43. The van der Waals surface area contributed by atoms with Crippen molar-refractivity contribution in [3.8, 4) is 5.75 Å². The van der Waals surface area contributed by atoms with E-state index in [1.165, 1.54) is 11.1 Å². The lowest BCUT2D eigenvalue weighted by atomic mass is 10.0. The molecular weight excluding hydrogens is 260 g/mol. The molecule has 3 nitrogen and oxygen atoms in total. The topological polar surface area (TPSA) is 34.1 Å². The van der Waals surface area contributed by atoms with E-state index in [1.807, 2.05) is 24.5 Å². The number of aryl methyl sites for hydroxylation is 1. The smallest absolute Gasteiger partial charge is 0.118 e. The highest BCUT2D eigenvalue weighted by molar-refractivity contribution is 5.27. The van der Waals surface area contributed by atoms with Crippen molar-refractivity contribution in [3.63, 3.8) is 0 Å². The minimum absolute atomic E-state index is 0.346. The van der Waals surface area contributed by atoms with Crippen LogP contribution in [0.15, 0.2) is 48.8 Å². The van der Waals surface area contributed by atoms with Gasteiger partial charge in [-0.3, -0.25) is 4.98 Å². The second kappa shape index (κ2) is 7.79. The van der Waals surface area contributed by atoms with Gasteiger partial charge in [-0.1, -0.05) is 12.1 Å². The predicted octanol–water partition coefficient (Wildman–Crippen LogP) is 3.76. The minimum Gasteiger partial charge on any atom is -0.497 e. The molecule has 1 heterocycles. The predicted molar refractivity (Wildman–Crippen MR) is 86.6 cm³/mol. The largest absolute Gasteiger partial charge is 0.497 e. The minimum atomic E-state index is 0.346. The number of ether oxygens (including phenoxy) is 1. The van der Waals surface area contributed by atoms with Crippen LogP contribution in [0.1, 0.15) is 37.4 Å². The van der Waals surface area contributed by atoms with E-state index in [1.54, 1.807) is 7.11 Å². The van der Waals surface area contributed by atoms with E-state index in [2.05, 4.69) is 48.4 Å². The maximum Gasteiger partial charge on any atom is 0.118 e. The van der Waals surface area contributed by atoms with Gasteiger partial charge in [-0.25, -0.2) is 0 Å². The van der Waals surface area contributed by atoms with Gasteiger partial charge in [0.05, 0.1) is 7.11 Å². The van der Waals surface area contributed by atoms with Gasteiger partial charge in [-0.2, -0.15) is 0 Å². The highest BCUT2D eigenvalue weighted by atomic mass is 16.5. The van der Waals surface area contributed by atoms with Crippen molar-refractivity contribution in [3.05, 3.63) is 59.9 Å². The Balaban J connectivity index is 1.80. The summed E-state index contributed by atoms with van der Waals surface area (Å²) in [6.45, 7) is 4.43. The van der Waals surface area contributed by atoms with Crippen LogP contribution >= 0.6 is 0 Å². The number of benzene rings is 1. The van der Waals surface area contributed by atoms with Crippen molar-refractivity contribution < 1.29 is 4.74 Å². The highest BCUT2D eigenvalue weighted by Gasteiger charge is 2.09. The molecule has 0 aliphatic carbocycles. The second-order valence-corrected chi connectivity index (χ2v) is 5.46. The molecule has 1 N–H and O–H groups in total. The summed E-state index contributed by atoms with van der Waals surface area (Å²) >= 11 is 0. The van der Waals surface area contributed by atoms with Crippen molar-refractivity contribution in [2.75, 3.05) is 7.11 Å². The summed E-state index contributed by atoms with van der Waals surface area (Å²) in [7, 11) is 1.70. The Bertz CT molecular complexity index is 525. The Hall–Kier alpha value is -1.87. The summed E-state index contributed by atoms with van der Waals surface area (Å²) in [6.07, 6.45) is 5.87. The Morgan fingerprint density at radius 1 is 1.05 bits per heavy atom. The zero-order valence-corrected chi connectivity index (χ0v) is 13.0. The van der Waals surface area contributed by atoms with Crippen LogP contribution < -0.4 is 10.1 Å². The molecule has 2 aromatic rings. The van der Waals surface area contributed by atoms with Crippen LogP contribution in [0, 0.1) is 0 Å². The average Bonchev–Trinajstić information content (AvgIpc) is 2.54. The van der Waals surface area contributed by atoms with Crippen LogP contribution in [0.5, 0.6) is 5.75 Å². The number of nitrogens with one attached hydrogen (secondary N) is 1. The molecule has 0 spiro atoms. The SMILES string of the molecule is COc1ccc(CCC(C)N[C@H](C)c2ccncc2)cc1. The number of aromatic nitrogens is 1. The molecule has 1 aromatic carbocycles. The Morgan fingerprint density at radius 2 is 1.71 bits per heavy atom. The standard InChI is InChI=1S/C18H24N2O/c1-14(20-15(2)17-10-12-19-13-11-17)4-5-16-6-8-18(21-3)9-7-16/h6-15,20H,4-5H2,1-3H3/t14?,15-/m1/s1. The van der Waals surface area contributed by atoms with E-state index in [-0.39, 0.29) is 0 Å². The van der Waals surface area contributed by atoms with E-state index < -0.39 is 0 Å². The van der Waals surface area contributed by atoms with Crippen molar-refractivity contribution in [2.24, 2.45) is 0 Å². The molecule has 0 amide bonds. The van der Waals surface area contributed by atoms with Crippen LogP contribution in [0.4, 0.5) is 0 Å². The molecule has 0 saturated heterocycles. The Labute approximate surface area is 127 Å². The molecule has 0 aliphatic heterocycles. The third-order valence-corrected chi connectivity index (χ3v) is 3.77. The van der Waals surface area contributed by atoms with E-state index >= 15 is 0 Å². The first-order valence-electron chi connectivity index (χ1n) is 7.48. The maximum absolute atomic E-state index is 5.18. The quantitative estimate of drug-likeness (QED) is 0.840. The van der Waals surface area contributed by atoms with E-state index in [4.69, 9.17) is 4.74 Å². The number of nitrogens with zero attached hydrogens (tertiary/aromatic N) is 1. The summed E-state index contributed by atoms with van der Waals surface area (Å²) in [6, 6.07) is 13.3. The van der Waals surface area contributed by atoms with Gasteiger partial charge in [-0.05, 0) is 62.1 Å². The third-order valence-electron chi connectivity index (χ3n) is 3.77. The van der Waals surface area contributed by atoms with Gasteiger partial charge >= 0.3 is 0 Å². The average molecular weight is 284 g/mol. The molecule has 3 heteroatoms. The van der Waals surface area contributed by atoms with Crippen LogP contribution in [0.2, 0.25) is 0 Å². The molecule has 0 fully saturated rings.